The van der Waals surface area contributed by atoms with E-state index in [1.54, 1.807) is 0 Å². The lowest BCUT2D eigenvalue weighted by molar-refractivity contribution is 0.259. The van der Waals surface area contributed by atoms with E-state index in [0.29, 0.717) is 0 Å². The molecule has 0 heterocycles. The quantitative estimate of drug-likeness (QED) is 0.538. The summed E-state index contributed by atoms with van der Waals surface area (Å²) >= 11 is 10.6. The summed E-state index contributed by atoms with van der Waals surface area (Å²) in [6.45, 7) is -0.0120. The van der Waals surface area contributed by atoms with Crippen LogP contribution in [0.4, 0.5) is 0 Å². The minimum Gasteiger partial charge on any atom is -0.313 e. The van der Waals surface area contributed by atoms with Crippen LogP contribution in [0.15, 0.2) is 0 Å². The highest BCUT2D eigenvalue weighted by Crippen LogP contribution is 2.31. The molecule has 4 nitrogen and oxygen atoms in total. The van der Waals surface area contributed by atoms with Crippen LogP contribution in [0.1, 0.15) is 6.42 Å². The van der Waals surface area contributed by atoms with Gasteiger partial charge in [-0.25, -0.2) is 10.1 Å². The largest absolute Gasteiger partial charge is 0.400 e. The van der Waals surface area contributed by atoms with Gasteiger partial charge in [-0.2, -0.15) is 0 Å². The molecule has 0 rings (SSSR count). The van der Waals surface area contributed by atoms with Crippen LogP contribution in [-0.2, 0) is 9.09 Å². The van der Waals surface area contributed by atoms with E-state index in [1.165, 1.54) is 0 Å². The average molecular weight is 208 g/mol. The van der Waals surface area contributed by atoms with Crippen LogP contribution < -0.4 is 5.50 Å². The Morgan fingerprint density at radius 2 is 2.20 bits per heavy atom. The monoisotopic (exact) mass is 207 g/mol. The molecule has 0 aliphatic rings. The van der Waals surface area contributed by atoms with Crippen molar-refractivity contribution in [1.82, 2.24) is 0 Å². The van der Waals surface area contributed by atoms with Crippen molar-refractivity contribution in [1.29, 1.82) is 0 Å². The molecule has 0 aromatic heterocycles. The van der Waals surface area contributed by atoms with E-state index >= 15 is 0 Å². The van der Waals surface area contributed by atoms with Gasteiger partial charge in [-0.05, 0) is 0 Å². The van der Waals surface area contributed by atoms with Crippen LogP contribution in [0.5, 0.6) is 0 Å². The van der Waals surface area contributed by atoms with Gasteiger partial charge in [0.2, 0.25) is 0 Å². The molecule has 1 atom stereocenters. The lowest BCUT2D eigenvalue weighted by Crippen LogP contribution is -2.02. The molecule has 1 unspecified atom stereocenters. The predicted octanol–water partition coefficient (Wildman–Crippen LogP) is 1.26. The molecular formula is C3H8Cl2NO3P. The molecule has 10 heavy (non-hydrogen) atoms. The van der Waals surface area contributed by atoms with Crippen LogP contribution in [0.2, 0.25) is 0 Å². The van der Waals surface area contributed by atoms with Gasteiger partial charge in [-0.3, -0.25) is 4.52 Å². The first-order valence-electron chi connectivity index (χ1n) is 2.46. The lowest BCUT2D eigenvalue weighted by Gasteiger charge is -2.05. The molecule has 0 fully saturated rings. The third-order valence-corrected chi connectivity index (χ3v) is 1.60. The Labute approximate surface area is 68.8 Å². The molecule has 0 radical (unpaired) electrons. The first-order valence-corrected chi connectivity index (χ1v) is 4.98. The fourth-order valence-electron chi connectivity index (χ4n) is 0.273. The Morgan fingerprint density at radius 3 is 2.50 bits per heavy atom. The zero-order chi connectivity index (χ0) is 8.20. The SMILES string of the molecule is NP(=O)(O)OCCC(Cl)Cl. The third-order valence-electron chi connectivity index (χ3n) is 0.612. The fourth-order valence-corrected chi connectivity index (χ4v) is 0.818. The van der Waals surface area contributed by atoms with Gasteiger partial charge in [-0.1, -0.05) is 0 Å². The number of halogens is 2. The van der Waals surface area contributed by atoms with Crippen molar-refractivity contribution >= 4 is 30.9 Å². The highest BCUT2D eigenvalue weighted by molar-refractivity contribution is 7.50. The Morgan fingerprint density at radius 1 is 1.70 bits per heavy atom. The van der Waals surface area contributed by atoms with Crippen LogP contribution in [-0.4, -0.2) is 16.3 Å². The Bertz CT molecular complexity index is 136. The maximum absolute atomic E-state index is 10.2. The second-order valence-corrected chi connectivity index (χ2v) is 4.24. The first-order chi connectivity index (χ1) is 4.42. The zero-order valence-corrected chi connectivity index (χ0v) is 7.44. The van der Waals surface area contributed by atoms with Gasteiger partial charge in [0.15, 0.2) is 0 Å². The maximum Gasteiger partial charge on any atom is 0.400 e. The molecule has 0 saturated heterocycles. The molecule has 0 spiro atoms. The van der Waals surface area contributed by atoms with Crippen LogP contribution >= 0.6 is 30.9 Å². The highest BCUT2D eigenvalue weighted by Gasteiger charge is 2.10. The Kier molecular flexibility index (Phi) is 4.86. The number of rotatable bonds is 4. The van der Waals surface area contributed by atoms with Crippen molar-refractivity contribution < 1.29 is 14.0 Å². The minimum absolute atomic E-state index is 0.0120. The summed E-state index contributed by atoms with van der Waals surface area (Å²) in [5.41, 5.74) is 4.62. The van der Waals surface area contributed by atoms with Crippen LogP contribution in [0, 0.1) is 0 Å². The summed E-state index contributed by atoms with van der Waals surface area (Å²) < 4.78 is 14.5. The van der Waals surface area contributed by atoms with Gasteiger partial charge >= 0.3 is 7.75 Å². The van der Waals surface area contributed by atoms with Crippen molar-refractivity contribution in [3.05, 3.63) is 0 Å². The molecule has 0 aromatic rings. The van der Waals surface area contributed by atoms with Gasteiger partial charge in [0.1, 0.15) is 4.84 Å². The molecule has 0 amide bonds. The molecule has 7 heteroatoms. The van der Waals surface area contributed by atoms with E-state index in [0.717, 1.165) is 0 Å². The topological polar surface area (TPSA) is 72.6 Å². The minimum atomic E-state index is -3.84. The molecule has 0 saturated carbocycles. The molecule has 3 N–H and O–H groups in total. The van der Waals surface area contributed by atoms with Crippen LogP contribution in [0.25, 0.3) is 0 Å². The first kappa shape index (κ1) is 10.7. The predicted molar refractivity (Wildman–Crippen MR) is 40.1 cm³/mol. The zero-order valence-electron chi connectivity index (χ0n) is 5.04. The van der Waals surface area contributed by atoms with Crippen molar-refractivity contribution in [2.24, 2.45) is 5.50 Å². The van der Waals surface area contributed by atoms with Crippen molar-refractivity contribution in [2.75, 3.05) is 6.61 Å². The smallest absolute Gasteiger partial charge is 0.313 e. The molecule has 0 aliphatic heterocycles. The van der Waals surface area contributed by atoms with E-state index in [-0.39, 0.29) is 13.0 Å². The number of alkyl halides is 2. The molecule has 62 valence electrons. The summed E-state index contributed by atoms with van der Waals surface area (Å²) in [6.07, 6.45) is 0.283. The number of hydrogen-bond acceptors (Lipinski definition) is 2. The third kappa shape index (κ3) is 8.69. The van der Waals surface area contributed by atoms with Crippen molar-refractivity contribution in [3.63, 3.8) is 0 Å². The summed E-state index contributed by atoms with van der Waals surface area (Å²) in [5.74, 6) is 0. The number of nitrogens with two attached hydrogens (primary N) is 1. The van der Waals surface area contributed by atoms with Gasteiger partial charge in [0.25, 0.3) is 0 Å². The molecule has 0 bridgehead atoms. The van der Waals surface area contributed by atoms with Gasteiger partial charge in [0, 0.05) is 6.42 Å². The van der Waals surface area contributed by atoms with Gasteiger partial charge in [-0.15, -0.1) is 23.2 Å². The van der Waals surface area contributed by atoms with E-state index in [4.69, 9.17) is 28.1 Å². The average Bonchev–Trinajstić information content (AvgIpc) is 1.59. The Balaban J connectivity index is 3.30. The summed E-state index contributed by atoms with van der Waals surface area (Å²) in [7, 11) is -3.84. The molecular weight excluding hydrogens is 200 g/mol. The highest BCUT2D eigenvalue weighted by atomic mass is 35.5. The summed E-state index contributed by atoms with van der Waals surface area (Å²) in [5, 5.41) is 0. The van der Waals surface area contributed by atoms with E-state index in [1.807, 2.05) is 0 Å². The molecule has 0 aromatic carbocycles. The molecule has 0 aliphatic carbocycles. The van der Waals surface area contributed by atoms with Crippen molar-refractivity contribution in [3.8, 4) is 0 Å². The van der Waals surface area contributed by atoms with Crippen molar-refractivity contribution in [2.45, 2.75) is 11.3 Å². The normalized spacial score (nSPS) is 17.3. The fraction of sp³-hybridized carbons (Fsp3) is 1.00. The van der Waals surface area contributed by atoms with E-state index in [9.17, 15) is 4.57 Å². The standard InChI is InChI=1S/C3H8Cl2NO3P/c4-3(5)1-2-9-10(6,7)8/h3H,1-2H2,(H3,6,7,8). The second kappa shape index (κ2) is 4.54. The van der Waals surface area contributed by atoms with E-state index in [2.05, 4.69) is 10.0 Å². The summed E-state index contributed by atoms with van der Waals surface area (Å²) in [6, 6.07) is 0. The number of hydrogen-bond donors (Lipinski definition) is 2. The second-order valence-electron chi connectivity index (χ2n) is 1.58. The van der Waals surface area contributed by atoms with E-state index < -0.39 is 12.6 Å². The van der Waals surface area contributed by atoms with Gasteiger partial charge < -0.3 is 4.89 Å². The summed E-state index contributed by atoms with van der Waals surface area (Å²) in [4.78, 5) is 7.76. The van der Waals surface area contributed by atoms with Gasteiger partial charge in [0.05, 0.1) is 6.61 Å². The van der Waals surface area contributed by atoms with Crippen LogP contribution in [0.3, 0.4) is 0 Å². The lowest BCUT2D eigenvalue weighted by atomic mass is 10.5. The maximum atomic E-state index is 10.2. The Hall–Kier alpha value is 0.690.